The van der Waals surface area contributed by atoms with Gasteiger partial charge >= 0.3 is 18.6 Å². The largest absolute Gasteiger partial charge is 0.452 e. The van der Waals surface area contributed by atoms with E-state index in [9.17, 15) is 23.2 Å². The van der Waals surface area contributed by atoms with Crippen LogP contribution in [0.2, 0.25) is 0 Å². The predicted molar refractivity (Wildman–Crippen MR) is 84.9 cm³/mol. The second kappa shape index (κ2) is 10.7. The van der Waals surface area contributed by atoms with E-state index in [2.05, 4.69) is 14.8 Å². The molecule has 7 nitrogen and oxygen atoms in total. The molecule has 0 fully saturated rings. The van der Waals surface area contributed by atoms with Crippen LogP contribution in [0.5, 0.6) is 5.75 Å². The first-order valence-corrected chi connectivity index (χ1v) is 7.38. The van der Waals surface area contributed by atoms with Crippen LogP contribution in [0.15, 0.2) is 30.3 Å². The maximum absolute atomic E-state index is 12.0. The average molecular weight is 356 g/mol. The van der Waals surface area contributed by atoms with Crippen molar-refractivity contribution in [3.8, 4) is 5.75 Å². The number of halogens is 2. The third-order valence-electron chi connectivity index (χ3n) is 2.65. The molecule has 25 heavy (non-hydrogen) atoms. The number of hydrogen-bond donors (Lipinski definition) is 2. The Bertz CT molecular complexity index is 617. The SMILES string of the molecule is CCCNC(=O)NC(=O)COC(=O)/C=C/c1ccc(OC(F)F)cc1. The van der Waals surface area contributed by atoms with E-state index < -0.39 is 31.1 Å². The van der Waals surface area contributed by atoms with Crippen LogP contribution in [0.25, 0.3) is 6.08 Å². The average Bonchev–Trinajstić information content (AvgIpc) is 2.57. The van der Waals surface area contributed by atoms with Gasteiger partial charge in [-0.15, -0.1) is 0 Å². The number of rotatable bonds is 8. The molecule has 2 N–H and O–H groups in total. The summed E-state index contributed by atoms with van der Waals surface area (Å²) in [5.41, 5.74) is 0.543. The Labute approximate surface area is 143 Å². The maximum atomic E-state index is 12.0. The van der Waals surface area contributed by atoms with Crippen molar-refractivity contribution in [2.24, 2.45) is 0 Å². The summed E-state index contributed by atoms with van der Waals surface area (Å²) in [5, 5.41) is 4.43. The van der Waals surface area contributed by atoms with E-state index in [0.29, 0.717) is 12.1 Å². The number of nitrogens with one attached hydrogen (secondary N) is 2. The van der Waals surface area contributed by atoms with E-state index >= 15 is 0 Å². The van der Waals surface area contributed by atoms with Crippen molar-refractivity contribution >= 4 is 24.0 Å². The fraction of sp³-hybridized carbons (Fsp3) is 0.312. The van der Waals surface area contributed by atoms with E-state index in [1.807, 2.05) is 12.2 Å². The number of alkyl halides is 2. The minimum atomic E-state index is -2.91. The Hall–Kier alpha value is -2.97. The van der Waals surface area contributed by atoms with E-state index in [1.165, 1.54) is 30.3 Å². The third kappa shape index (κ3) is 9.04. The third-order valence-corrected chi connectivity index (χ3v) is 2.65. The number of amides is 3. The zero-order valence-electron chi connectivity index (χ0n) is 13.5. The number of imide groups is 1. The van der Waals surface area contributed by atoms with Gasteiger partial charge in [0.1, 0.15) is 5.75 Å². The van der Waals surface area contributed by atoms with E-state index in [1.54, 1.807) is 0 Å². The molecule has 0 atom stereocenters. The van der Waals surface area contributed by atoms with Gasteiger partial charge in [0, 0.05) is 12.6 Å². The highest BCUT2D eigenvalue weighted by molar-refractivity contribution is 5.96. The van der Waals surface area contributed by atoms with Crippen LogP contribution in [-0.2, 0) is 14.3 Å². The summed E-state index contributed by atoms with van der Waals surface area (Å²) in [6, 6.07) is 4.90. The lowest BCUT2D eigenvalue weighted by atomic mass is 10.2. The Morgan fingerprint density at radius 1 is 1.20 bits per heavy atom. The predicted octanol–water partition coefficient (Wildman–Crippen LogP) is 2.08. The first-order chi connectivity index (χ1) is 11.9. The van der Waals surface area contributed by atoms with Gasteiger partial charge < -0.3 is 14.8 Å². The van der Waals surface area contributed by atoms with Crippen LogP contribution in [0.4, 0.5) is 13.6 Å². The number of carbonyl (C=O) groups excluding carboxylic acids is 3. The topological polar surface area (TPSA) is 93.7 Å². The summed E-state index contributed by atoms with van der Waals surface area (Å²) >= 11 is 0. The standard InChI is InChI=1S/C16H18F2N2O5/c1-2-9-19-16(23)20-13(21)10-24-14(22)8-5-11-3-6-12(7-4-11)25-15(17)18/h3-8,15H,2,9-10H2,1H3,(H2,19,20,21,23)/b8-5+. The minimum Gasteiger partial charge on any atom is -0.452 e. The van der Waals surface area contributed by atoms with Crippen LogP contribution in [0, 0.1) is 0 Å². The van der Waals surface area contributed by atoms with Crippen molar-refractivity contribution in [2.75, 3.05) is 13.2 Å². The van der Waals surface area contributed by atoms with Gasteiger partial charge in [-0.05, 0) is 30.2 Å². The van der Waals surface area contributed by atoms with Gasteiger partial charge in [-0.3, -0.25) is 10.1 Å². The van der Waals surface area contributed by atoms with E-state index in [4.69, 9.17) is 0 Å². The highest BCUT2D eigenvalue weighted by atomic mass is 19.3. The second-order valence-electron chi connectivity index (χ2n) is 4.69. The number of benzene rings is 1. The summed E-state index contributed by atoms with van der Waals surface area (Å²) in [5.74, 6) is -1.56. The maximum Gasteiger partial charge on any atom is 0.387 e. The fourth-order valence-electron chi connectivity index (χ4n) is 1.55. The number of ether oxygens (including phenoxy) is 2. The van der Waals surface area contributed by atoms with Crippen molar-refractivity contribution in [1.29, 1.82) is 0 Å². The van der Waals surface area contributed by atoms with Crippen molar-refractivity contribution < 1.29 is 32.6 Å². The zero-order chi connectivity index (χ0) is 18.7. The van der Waals surface area contributed by atoms with Crippen molar-refractivity contribution in [2.45, 2.75) is 20.0 Å². The van der Waals surface area contributed by atoms with Crippen LogP contribution >= 0.6 is 0 Å². The fourth-order valence-corrected chi connectivity index (χ4v) is 1.55. The van der Waals surface area contributed by atoms with Crippen LogP contribution in [-0.4, -0.2) is 37.7 Å². The molecule has 136 valence electrons. The van der Waals surface area contributed by atoms with E-state index in [-0.39, 0.29) is 5.75 Å². The summed E-state index contributed by atoms with van der Waals surface area (Å²) in [6.45, 7) is -1.24. The molecular weight excluding hydrogens is 338 g/mol. The van der Waals surface area contributed by atoms with Gasteiger partial charge in [0.15, 0.2) is 6.61 Å². The quantitative estimate of drug-likeness (QED) is 0.549. The Kier molecular flexibility index (Phi) is 8.62. The molecule has 0 bridgehead atoms. The van der Waals surface area contributed by atoms with Gasteiger partial charge in [0.2, 0.25) is 0 Å². The molecule has 1 rings (SSSR count). The Morgan fingerprint density at radius 3 is 2.48 bits per heavy atom. The molecule has 0 aromatic heterocycles. The summed E-state index contributed by atoms with van der Waals surface area (Å²) < 4.78 is 32.9. The molecule has 0 unspecified atom stereocenters. The van der Waals surface area contributed by atoms with Crippen molar-refractivity contribution in [1.82, 2.24) is 10.6 Å². The lowest BCUT2D eigenvalue weighted by Gasteiger charge is -2.05. The molecule has 1 aromatic rings. The molecule has 0 spiro atoms. The molecule has 1 aromatic carbocycles. The molecule has 0 aliphatic carbocycles. The van der Waals surface area contributed by atoms with Gasteiger partial charge in [-0.1, -0.05) is 19.1 Å². The zero-order valence-corrected chi connectivity index (χ0v) is 13.5. The smallest absolute Gasteiger partial charge is 0.387 e. The second-order valence-corrected chi connectivity index (χ2v) is 4.69. The van der Waals surface area contributed by atoms with Gasteiger partial charge in [-0.25, -0.2) is 9.59 Å². The lowest BCUT2D eigenvalue weighted by molar-refractivity contribution is -0.143. The molecule has 3 amide bonds. The molecule has 0 heterocycles. The number of esters is 1. The molecule has 0 aliphatic rings. The molecule has 0 aliphatic heterocycles. The summed E-state index contributed by atoms with van der Waals surface area (Å²) in [7, 11) is 0. The van der Waals surface area contributed by atoms with E-state index in [0.717, 1.165) is 12.5 Å². The molecule has 0 saturated heterocycles. The van der Waals surface area contributed by atoms with Gasteiger partial charge in [0.25, 0.3) is 5.91 Å². The van der Waals surface area contributed by atoms with Crippen molar-refractivity contribution in [3.05, 3.63) is 35.9 Å². The van der Waals surface area contributed by atoms with Gasteiger partial charge in [0.05, 0.1) is 0 Å². The Morgan fingerprint density at radius 2 is 1.88 bits per heavy atom. The number of urea groups is 1. The number of hydrogen-bond acceptors (Lipinski definition) is 5. The molecule has 9 heteroatoms. The first-order valence-electron chi connectivity index (χ1n) is 7.38. The number of carbonyl (C=O) groups is 3. The highest BCUT2D eigenvalue weighted by Crippen LogP contribution is 2.15. The minimum absolute atomic E-state index is 0.00672. The van der Waals surface area contributed by atoms with Crippen LogP contribution in [0.1, 0.15) is 18.9 Å². The van der Waals surface area contributed by atoms with Crippen molar-refractivity contribution in [3.63, 3.8) is 0 Å². The van der Waals surface area contributed by atoms with Gasteiger partial charge in [-0.2, -0.15) is 8.78 Å². The monoisotopic (exact) mass is 356 g/mol. The first kappa shape index (κ1) is 20.1. The normalized spacial score (nSPS) is 10.6. The van der Waals surface area contributed by atoms with Crippen LogP contribution < -0.4 is 15.4 Å². The van der Waals surface area contributed by atoms with Crippen LogP contribution in [0.3, 0.4) is 0 Å². The highest BCUT2D eigenvalue weighted by Gasteiger charge is 2.09. The summed E-state index contributed by atoms with van der Waals surface area (Å²) in [4.78, 5) is 34.1. The molecule has 0 saturated carbocycles. The Balaban J connectivity index is 2.37. The molecule has 0 radical (unpaired) electrons. The molecular formula is C16H18F2N2O5. The lowest BCUT2D eigenvalue weighted by Crippen LogP contribution is -2.41. The summed E-state index contributed by atoms with van der Waals surface area (Å²) in [6.07, 6.45) is 3.16.